The highest BCUT2D eigenvalue weighted by molar-refractivity contribution is 7.13. The summed E-state index contributed by atoms with van der Waals surface area (Å²) in [6.07, 6.45) is -4.44. The monoisotopic (exact) mass is 329 g/mol. The fourth-order valence-corrected chi connectivity index (χ4v) is 2.54. The lowest BCUT2D eigenvalue weighted by molar-refractivity contribution is -0.138. The van der Waals surface area contributed by atoms with E-state index in [4.69, 9.17) is 0 Å². The molecule has 0 radical (unpaired) electrons. The summed E-state index contributed by atoms with van der Waals surface area (Å²) in [5.41, 5.74) is 0.0769. The summed E-state index contributed by atoms with van der Waals surface area (Å²) in [6.45, 7) is 1.64. The molecule has 0 fully saturated rings. The van der Waals surface area contributed by atoms with E-state index in [1.165, 1.54) is 41.5 Å². The zero-order chi connectivity index (χ0) is 16.3. The van der Waals surface area contributed by atoms with Crippen LogP contribution in [0.2, 0.25) is 0 Å². The Bertz CT molecular complexity index is 669. The van der Waals surface area contributed by atoms with Crippen molar-refractivity contribution in [2.75, 3.05) is 12.4 Å². The summed E-state index contributed by atoms with van der Waals surface area (Å²) in [5.74, 6) is 0. The number of hydrogen-bond acceptors (Lipinski definition) is 3. The molecular formula is C14H14F3N3OS. The number of aryl methyl sites for hydroxylation is 1. The van der Waals surface area contributed by atoms with Gasteiger partial charge in [-0.3, -0.25) is 5.32 Å². The Balaban J connectivity index is 2.09. The van der Waals surface area contributed by atoms with Crippen molar-refractivity contribution in [3.8, 4) is 0 Å². The molecule has 0 saturated heterocycles. The highest BCUT2D eigenvalue weighted by Crippen LogP contribution is 2.32. The molecule has 2 aromatic rings. The second-order valence-electron chi connectivity index (χ2n) is 4.74. The molecule has 0 spiro atoms. The van der Waals surface area contributed by atoms with Crippen LogP contribution >= 0.6 is 11.3 Å². The number of benzene rings is 1. The molecule has 118 valence electrons. The molecule has 1 heterocycles. The largest absolute Gasteiger partial charge is 0.416 e. The van der Waals surface area contributed by atoms with E-state index in [2.05, 4.69) is 10.3 Å². The van der Waals surface area contributed by atoms with Crippen molar-refractivity contribution in [1.29, 1.82) is 0 Å². The van der Waals surface area contributed by atoms with Crippen molar-refractivity contribution >= 4 is 22.5 Å². The molecule has 1 N–H and O–H groups in total. The van der Waals surface area contributed by atoms with Crippen LogP contribution in [-0.2, 0) is 12.7 Å². The van der Waals surface area contributed by atoms with Crippen LogP contribution < -0.4 is 5.32 Å². The van der Waals surface area contributed by atoms with E-state index in [-0.39, 0.29) is 12.1 Å². The Morgan fingerprint density at radius 2 is 2.05 bits per heavy atom. The predicted molar refractivity (Wildman–Crippen MR) is 78.8 cm³/mol. The van der Waals surface area contributed by atoms with Crippen LogP contribution in [0.15, 0.2) is 29.6 Å². The molecule has 0 aliphatic heterocycles. The van der Waals surface area contributed by atoms with Crippen LogP contribution in [0.3, 0.4) is 0 Å². The van der Waals surface area contributed by atoms with Crippen LogP contribution in [0.4, 0.5) is 23.1 Å². The fourth-order valence-electron chi connectivity index (χ4n) is 1.86. The molecule has 22 heavy (non-hydrogen) atoms. The third-order valence-corrected chi connectivity index (χ3v) is 3.79. The Hall–Kier alpha value is -2.09. The molecule has 1 aromatic carbocycles. The molecule has 8 heteroatoms. The van der Waals surface area contributed by atoms with Gasteiger partial charge in [0.05, 0.1) is 11.3 Å². The maximum Gasteiger partial charge on any atom is 0.416 e. The maximum atomic E-state index is 12.9. The van der Waals surface area contributed by atoms with Crippen molar-refractivity contribution in [2.24, 2.45) is 0 Å². The minimum absolute atomic E-state index is 0.0444. The molecule has 0 saturated carbocycles. The zero-order valence-electron chi connectivity index (χ0n) is 11.9. The average molecular weight is 329 g/mol. The van der Waals surface area contributed by atoms with E-state index in [9.17, 15) is 18.0 Å². The molecule has 0 bridgehead atoms. The quantitative estimate of drug-likeness (QED) is 0.920. The van der Waals surface area contributed by atoms with E-state index >= 15 is 0 Å². The first-order valence-corrected chi connectivity index (χ1v) is 7.24. The van der Waals surface area contributed by atoms with Crippen LogP contribution in [0.1, 0.15) is 16.8 Å². The first-order valence-electron chi connectivity index (χ1n) is 6.36. The van der Waals surface area contributed by atoms with Gasteiger partial charge in [0.15, 0.2) is 5.13 Å². The van der Waals surface area contributed by atoms with E-state index in [1.54, 1.807) is 12.3 Å². The molecular weight excluding hydrogens is 315 g/mol. The minimum atomic E-state index is -4.44. The number of nitrogens with one attached hydrogen (secondary N) is 1. The number of carbonyl (C=O) groups is 1. The molecule has 0 unspecified atom stereocenters. The third kappa shape index (κ3) is 3.97. The second kappa shape index (κ2) is 6.35. The predicted octanol–water partition coefficient (Wildman–Crippen LogP) is 4.13. The smallest absolute Gasteiger partial charge is 0.323 e. The Morgan fingerprint density at radius 1 is 1.36 bits per heavy atom. The number of alkyl halides is 3. The van der Waals surface area contributed by atoms with Crippen LogP contribution in [0, 0.1) is 6.92 Å². The number of aromatic nitrogens is 1. The Morgan fingerprint density at radius 3 is 2.64 bits per heavy atom. The minimum Gasteiger partial charge on any atom is -0.323 e. The van der Waals surface area contributed by atoms with Crippen LogP contribution in [-0.4, -0.2) is 23.0 Å². The number of halogens is 3. The summed E-state index contributed by atoms with van der Waals surface area (Å²) < 4.78 is 38.8. The summed E-state index contributed by atoms with van der Waals surface area (Å²) >= 11 is 1.26. The van der Waals surface area contributed by atoms with E-state index in [1.807, 2.05) is 0 Å². The molecule has 4 nitrogen and oxygen atoms in total. The number of amides is 2. The van der Waals surface area contributed by atoms with Gasteiger partial charge in [-0.25, -0.2) is 9.78 Å². The number of nitrogens with zero attached hydrogens (tertiary/aromatic N) is 2. The van der Waals surface area contributed by atoms with Gasteiger partial charge in [-0.1, -0.05) is 18.2 Å². The van der Waals surface area contributed by atoms with Crippen molar-refractivity contribution < 1.29 is 18.0 Å². The third-order valence-electron chi connectivity index (χ3n) is 2.91. The zero-order valence-corrected chi connectivity index (χ0v) is 12.8. The molecule has 1 aromatic heterocycles. The lowest BCUT2D eigenvalue weighted by atomic mass is 10.1. The normalized spacial score (nSPS) is 11.3. The molecule has 0 aliphatic carbocycles. The van der Waals surface area contributed by atoms with Gasteiger partial charge in [0.25, 0.3) is 0 Å². The molecule has 0 aliphatic rings. The van der Waals surface area contributed by atoms with Gasteiger partial charge in [0.1, 0.15) is 0 Å². The lowest BCUT2D eigenvalue weighted by Crippen LogP contribution is -2.31. The Kier molecular flexibility index (Phi) is 4.70. The van der Waals surface area contributed by atoms with Crippen molar-refractivity contribution in [3.63, 3.8) is 0 Å². The highest BCUT2D eigenvalue weighted by atomic mass is 32.1. The maximum absolute atomic E-state index is 12.9. The van der Waals surface area contributed by atoms with Crippen LogP contribution in [0.25, 0.3) is 0 Å². The van der Waals surface area contributed by atoms with Crippen LogP contribution in [0.5, 0.6) is 0 Å². The number of anilines is 1. The average Bonchev–Trinajstić information content (AvgIpc) is 2.83. The summed E-state index contributed by atoms with van der Waals surface area (Å²) in [4.78, 5) is 17.2. The van der Waals surface area contributed by atoms with Gasteiger partial charge >= 0.3 is 12.2 Å². The van der Waals surface area contributed by atoms with Crippen molar-refractivity contribution in [1.82, 2.24) is 9.88 Å². The summed E-state index contributed by atoms with van der Waals surface area (Å²) in [7, 11) is 1.43. The number of carbonyl (C=O) groups excluding carboxylic acids is 1. The second-order valence-corrected chi connectivity index (χ2v) is 5.59. The molecule has 2 amide bonds. The van der Waals surface area contributed by atoms with Crippen molar-refractivity contribution in [2.45, 2.75) is 19.6 Å². The number of thiazole rings is 1. The molecule has 0 atom stereocenters. The molecule has 2 rings (SSSR count). The standard InChI is InChI=1S/C14H14F3N3OS/c1-9-8-22-12(18-9)19-13(21)20(2)7-10-5-3-4-6-11(10)14(15,16)17/h3-6,8H,7H2,1-2H3,(H,18,19,21). The van der Waals surface area contributed by atoms with Gasteiger partial charge in [-0.05, 0) is 18.6 Å². The summed E-state index contributed by atoms with van der Waals surface area (Å²) in [6, 6.07) is 4.70. The van der Waals surface area contributed by atoms with Gasteiger partial charge in [-0.15, -0.1) is 11.3 Å². The number of hydrogen-bond donors (Lipinski definition) is 1. The Labute approximate surface area is 129 Å². The summed E-state index contributed by atoms with van der Waals surface area (Å²) in [5, 5.41) is 4.74. The topological polar surface area (TPSA) is 45.2 Å². The van der Waals surface area contributed by atoms with Gasteiger partial charge in [0.2, 0.25) is 0 Å². The highest BCUT2D eigenvalue weighted by Gasteiger charge is 2.33. The van der Waals surface area contributed by atoms with E-state index < -0.39 is 17.8 Å². The van der Waals surface area contributed by atoms with E-state index in [0.717, 1.165) is 11.8 Å². The van der Waals surface area contributed by atoms with Gasteiger partial charge in [-0.2, -0.15) is 13.2 Å². The van der Waals surface area contributed by atoms with Gasteiger partial charge in [0, 0.05) is 19.0 Å². The first-order chi connectivity index (χ1) is 10.3. The number of urea groups is 1. The van der Waals surface area contributed by atoms with Gasteiger partial charge < -0.3 is 4.90 Å². The first kappa shape index (κ1) is 16.3. The van der Waals surface area contributed by atoms with E-state index in [0.29, 0.717) is 5.13 Å². The SMILES string of the molecule is Cc1csc(NC(=O)N(C)Cc2ccccc2C(F)(F)F)n1. The number of rotatable bonds is 3. The fraction of sp³-hybridized carbons (Fsp3) is 0.286. The lowest BCUT2D eigenvalue weighted by Gasteiger charge is -2.20. The van der Waals surface area contributed by atoms with Crippen molar-refractivity contribution in [3.05, 3.63) is 46.5 Å².